The van der Waals surface area contributed by atoms with Crippen LogP contribution in [0.2, 0.25) is 0 Å². The maximum Gasteiger partial charge on any atom is 0.408 e. The molecule has 8 nitrogen and oxygen atoms in total. The average Bonchev–Trinajstić information content (AvgIpc) is 2.57. The molecule has 2 amide bonds. The SMILES string of the molecule is CCC(C)C(=O)CCCCC(=O)C(CNC(=O)OC(C)(C)C)NC(=O)OC(C)(C)C. The Morgan fingerprint density at radius 3 is 1.73 bits per heavy atom. The summed E-state index contributed by atoms with van der Waals surface area (Å²) in [7, 11) is 0. The van der Waals surface area contributed by atoms with Crippen LogP contribution < -0.4 is 10.6 Å². The van der Waals surface area contributed by atoms with E-state index in [1.54, 1.807) is 41.5 Å². The van der Waals surface area contributed by atoms with Crippen LogP contribution in [-0.4, -0.2) is 47.5 Å². The van der Waals surface area contributed by atoms with E-state index in [0.717, 1.165) is 6.42 Å². The monoisotopic (exact) mass is 428 g/mol. The van der Waals surface area contributed by atoms with Crippen molar-refractivity contribution in [1.29, 1.82) is 0 Å². The lowest BCUT2D eigenvalue weighted by molar-refractivity contribution is -0.123. The van der Waals surface area contributed by atoms with Crippen molar-refractivity contribution in [3.05, 3.63) is 0 Å². The van der Waals surface area contributed by atoms with Gasteiger partial charge in [-0.1, -0.05) is 13.8 Å². The zero-order valence-electron chi connectivity index (χ0n) is 19.8. The summed E-state index contributed by atoms with van der Waals surface area (Å²) < 4.78 is 10.4. The molecule has 2 N–H and O–H groups in total. The van der Waals surface area contributed by atoms with Crippen molar-refractivity contribution in [2.75, 3.05) is 6.54 Å². The number of alkyl carbamates (subject to hydrolysis) is 2. The summed E-state index contributed by atoms with van der Waals surface area (Å²) in [6.45, 7) is 14.1. The van der Waals surface area contributed by atoms with Gasteiger partial charge in [0.15, 0.2) is 5.78 Å². The number of unbranched alkanes of at least 4 members (excludes halogenated alkanes) is 1. The fraction of sp³-hybridized carbons (Fsp3) is 0.818. The van der Waals surface area contributed by atoms with Gasteiger partial charge in [0.1, 0.15) is 23.0 Å². The Morgan fingerprint density at radius 2 is 1.27 bits per heavy atom. The van der Waals surface area contributed by atoms with E-state index in [4.69, 9.17) is 9.47 Å². The second-order valence-electron chi connectivity index (χ2n) is 9.53. The van der Waals surface area contributed by atoms with Gasteiger partial charge in [0.2, 0.25) is 0 Å². The molecule has 30 heavy (non-hydrogen) atoms. The van der Waals surface area contributed by atoms with Gasteiger partial charge in [0, 0.05) is 25.3 Å². The summed E-state index contributed by atoms with van der Waals surface area (Å²) in [4.78, 5) is 48.5. The standard InChI is InChI=1S/C22H40N2O6/c1-9-15(2)17(25)12-10-11-13-18(26)16(24-20(28)30-22(6,7)8)14-23-19(27)29-21(3,4)5/h15-16H,9-14H2,1-8H3,(H,23,27)(H,24,28). The van der Waals surface area contributed by atoms with Crippen molar-refractivity contribution in [1.82, 2.24) is 10.6 Å². The third-order valence-corrected chi connectivity index (χ3v) is 4.19. The lowest BCUT2D eigenvalue weighted by atomic mass is 9.97. The van der Waals surface area contributed by atoms with Gasteiger partial charge in [0.25, 0.3) is 0 Å². The molecule has 2 atom stereocenters. The van der Waals surface area contributed by atoms with Gasteiger partial charge >= 0.3 is 12.2 Å². The third kappa shape index (κ3) is 14.0. The molecule has 8 heteroatoms. The normalized spacial score (nSPS) is 13.7. The van der Waals surface area contributed by atoms with Gasteiger partial charge in [-0.2, -0.15) is 0 Å². The molecule has 0 aromatic carbocycles. The molecule has 0 radical (unpaired) electrons. The molecule has 0 aliphatic rings. The zero-order chi connectivity index (χ0) is 23.5. The number of nitrogens with one attached hydrogen (secondary N) is 2. The molecule has 0 aromatic heterocycles. The zero-order valence-corrected chi connectivity index (χ0v) is 19.8. The van der Waals surface area contributed by atoms with Crippen LogP contribution in [0.5, 0.6) is 0 Å². The smallest absolute Gasteiger partial charge is 0.408 e. The quantitative estimate of drug-likeness (QED) is 0.478. The Labute approximate surface area is 180 Å². The number of hydrogen-bond acceptors (Lipinski definition) is 6. The van der Waals surface area contributed by atoms with Crippen LogP contribution in [0.15, 0.2) is 0 Å². The van der Waals surface area contributed by atoms with E-state index in [1.807, 2.05) is 13.8 Å². The van der Waals surface area contributed by atoms with Crippen LogP contribution >= 0.6 is 0 Å². The number of carbonyl (C=O) groups is 4. The molecule has 0 aliphatic heterocycles. The highest BCUT2D eigenvalue weighted by molar-refractivity contribution is 5.88. The van der Waals surface area contributed by atoms with Crippen LogP contribution in [0.3, 0.4) is 0 Å². The summed E-state index contributed by atoms with van der Waals surface area (Å²) in [5.41, 5.74) is -1.39. The van der Waals surface area contributed by atoms with E-state index in [2.05, 4.69) is 10.6 Å². The number of ketones is 2. The molecule has 0 saturated carbocycles. The first kappa shape index (κ1) is 27.9. The van der Waals surface area contributed by atoms with Crippen LogP contribution in [-0.2, 0) is 19.1 Å². The van der Waals surface area contributed by atoms with Gasteiger partial charge in [-0.15, -0.1) is 0 Å². The second-order valence-corrected chi connectivity index (χ2v) is 9.53. The molecular formula is C22H40N2O6. The minimum absolute atomic E-state index is 0.0281. The van der Waals surface area contributed by atoms with Crippen molar-refractivity contribution in [2.45, 2.75) is 105 Å². The van der Waals surface area contributed by atoms with E-state index < -0.39 is 29.4 Å². The molecular weight excluding hydrogens is 388 g/mol. The first-order valence-corrected chi connectivity index (χ1v) is 10.7. The van der Waals surface area contributed by atoms with Gasteiger partial charge in [-0.05, 0) is 60.8 Å². The van der Waals surface area contributed by atoms with Crippen molar-refractivity contribution in [3.8, 4) is 0 Å². The molecule has 2 unspecified atom stereocenters. The molecule has 0 bridgehead atoms. The third-order valence-electron chi connectivity index (χ3n) is 4.19. The fourth-order valence-electron chi connectivity index (χ4n) is 2.44. The highest BCUT2D eigenvalue weighted by Crippen LogP contribution is 2.11. The maximum atomic E-state index is 12.6. The van der Waals surface area contributed by atoms with Gasteiger partial charge in [-0.3, -0.25) is 9.59 Å². The van der Waals surface area contributed by atoms with E-state index in [-0.39, 0.29) is 30.4 Å². The topological polar surface area (TPSA) is 111 Å². The first-order chi connectivity index (χ1) is 13.6. The Bertz CT molecular complexity index is 589. The van der Waals surface area contributed by atoms with E-state index >= 15 is 0 Å². The molecule has 174 valence electrons. The van der Waals surface area contributed by atoms with Crippen molar-refractivity contribution < 1.29 is 28.7 Å². The molecule has 0 fully saturated rings. The molecule has 0 aromatic rings. The summed E-state index contributed by atoms with van der Waals surface area (Å²) in [5, 5.41) is 5.03. The number of hydrogen-bond donors (Lipinski definition) is 2. The van der Waals surface area contributed by atoms with Crippen molar-refractivity contribution in [3.63, 3.8) is 0 Å². The van der Waals surface area contributed by atoms with Crippen molar-refractivity contribution in [2.24, 2.45) is 5.92 Å². The Morgan fingerprint density at radius 1 is 0.800 bits per heavy atom. The van der Waals surface area contributed by atoms with Gasteiger partial charge < -0.3 is 20.1 Å². The largest absolute Gasteiger partial charge is 0.444 e. The Kier molecular flexibility index (Phi) is 11.7. The lowest BCUT2D eigenvalue weighted by Gasteiger charge is -2.24. The maximum absolute atomic E-state index is 12.6. The van der Waals surface area contributed by atoms with E-state index in [1.165, 1.54) is 0 Å². The highest BCUT2D eigenvalue weighted by atomic mass is 16.6. The van der Waals surface area contributed by atoms with E-state index in [9.17, 15) is 19.2 Å². The van der Waals surface area contributed by atoms with E-state index in [0.29, 0.717) is 19.3 Å². The minimum Gasteiger partial charge on any atom is -0.444 e. The lowest BCUT2D eigenvalue weighted by Crippen LogP contribution is -2.50. The fourth-order valence-corrected chi connectivity index (χ4v) is 2.44. The second kappa shape index (κ2) is 12.5. The number of carbonyl (C=O) groups excluding carboxylic acids is 4. The van der Waals surface area contributed by atoms with Gasteiger partial charge in [-0.25, -0.2) is 9.59 Å². The summed E-state index contributed by atoms with van der Waals surface area (Å²) >= 11 is 0. The van der Waals surface area contributed by atoms with Gasteiger partial charge in [0.05, 0.1) is 0 Å². The highest BCUT2D eigenvalue weighted by Gasteiger charge is 2.25. The van der Waals surface area contributed by atoms with Crippen LogP contribution in [0.4, 0.5) is 9.59 Å². The summed E-state index contributed by atoms with van der Waals surface area (Å²) in [6, 6.07) is -0.947. The molecule has 0 heterocycles. The minimum atomic E-state index is -0.947. The molecule has 0 spiro atoms. The molecule has 0 rings (SSSR count). The summed E-state index contributed by atoms with van der Waals surface area (Å²) in [5.74, 6) is -0.0202. The predicted octanol–water partition coefficient (Wildman–Crippen LogP) is 4.15. The Hall–Kier alpha value is -2.12. The average molecular weight is 429 g/mol. The number of amides is 2. The number of rotatable bonds is 11. The van der Waals surface area contributed by atoms with Crippen molar-refractivity contribution >= 4 is 23.8 Å². The van der Waals surface area contributed by atoms with Crippen LogP contribution in [0.25, 0.3) is 0 Å². The summed E-state index contributed by atoms with van der Waals surface area (Å²) in [6.07, 6.45) is 1.14. The Balaban J connectivity index is 4.80. The van der Waals surface area contributed by atoms with Crippen LogP contribution in [0, 0.1) is 5.92 Å². The molecule has 0 saturated heterocycles. The molecule has 0 aliphatic carbocycles. The number of ether oxygens (including phenoxy) is 2. The van der Waals surface area contributed by atoms with Crippen LogP contribution in [0.1, 0.15) is 87.5 Å². The number of Topliss-reactive ketones (excluding diaryl/α,β-unsaturated/α-hetero) is 2. The predicted molar refractivity (Wildman–Crippen MR) is 115 cm³/mol. The first-order valence-electron chi connectivity index (χ1n) is 10.7.